The Balaban J connectivity index is 1.59. The fourth-order valence-electron chi connectivity index (χ4n) is 3.87. The van der Waals surface area contributed by atoms with E-state index in [2.05, 4.69) is 19.2 Å². The van der Waals surface area contributed by atoms with Crippen LogP contribution in [0.3, 0.4) is 0 Å². The van der Waals surface area contributed by atoms with E-state index in [1.165, 1.54) is 19.3 Å². The molecule has 3 aliphatic carbocycles. The molecule has 0 spiro atoms. The quantitative estimate of drug-likeness (QED) is 0.683. The lowest BCUT2D eigenvalue weighted by Gasteiger charge is -2.59. The maximum Gasteiger partial charge on any atom is 0.347 e. The number of carbonyl (C=O) groups is 2. The topological polar surface area (TPSA) is 51.5 Å². The molecule has 0 aromatic carbocycles. The van der Waals surface area contributed by atoms with Crippen LogP contribution in [0.5, 0.6) is 0 Å². The van der Waals surface area contributed by atoms with Crippen LogP contribution in [-0.4, -0.2) is 29.9 Å². The van der Waals surface area contributed by atoms with Gasteiger partial charge in [-0.25, -0.2) is 4.79 Å². The van der Waals surface area contributed by atoms with Gasteiger partial charge in [-0.05, 0) is 42.4 Å². The fraction of sp³-hybridized carbons (Fsp3) is 0.846. The number of nitrogens with zero attached hydrogens (tertiary/aromatic N) is 2. The maximum atomic E-state index is 11.4. The van der Waals surface area contributed by atoms with Crippen molar-refractivity contribution in [3.8, 4) is 0 Å². The Bertz CT molecular complexity index is 364. The number of urea groups is 1. The number of fused-ring (bicyclic) bond motifs is 2. The van der Waals surface area contributed by atoms with Crippen LogP contribution in [0.15, 0.2) is 0 Å². The average Bonchev–Trinajstić information content (AvgIpc) is 2.57. The van der Waals surface area contributed by atoms with Crippen molar-refractivity contribution in [2.75, 3.05) is 13.1 Å². The van der Waals surface area contributed by atoms with E-state index in [0.29, 0.717) is 11.3 Å². The summed E-state index contributed by atoms with van der Waals surface area (Å²) >= 11 is 0. The second-order valence-corrected chi connectivity index (χ2v) is 6.46. The van der Waals surface area contributed by atoms with Crippen molar-refractivity contribution >= 4 is 11.9 Å². The molecule has 4 aliphatic rings. The molecule has 4 nitrogen and oxygen atoms in total. The molecular formula is C13H19N2O2. The van der Waals surface area contributed by atoms with E-state index in [-0.39, 0.29) is 18.5 Å². The summed E-state index contributed by atoms with van der Waals surface area (Å²) in [5.74, 6) is 1.93. The summed E-state index contributed by atoms with van der Waals surface area (Å²) in [6.07, 6.45) is 3.78. The lowest BCUT2D eigenvalue weighted by atomic mass is 9.47. The first kappa shape index (κ1) is 11.1. The molecule has 4 fully saturated rings. The van der Waals surface area contributed by atoms with E-state index in [1.54, 1.807) is 4.90 Å². The normalized spacial score (nSPS) is 38.9. The van der Waals surface area contributed by atoms with E-state index in [9.17, 15) is 9.59 Å². The molecule has 1 aliphatic heterocycles. The smallest absolute Gasteiger partial charge is 0.313 e. The summed E-state index contributed by atoms with van der Waals surface area (Å²) in [5, 5.41) is 3.44. The minimum absolute atomic E-state index is 0.202. The van der Waals surface area contributed by atoms with Gasteiger partial charge in [0.25, 0.3) is 5.91 Å². The van der Waals surface area contributed by atoms with Gasteiger partial charge >= 0.3 is 6.03 Å². The number of rotatable bonds is 2. The van der Waals surface area contributed by atoms with Crippen molar-refractivity contribution in [3.63, 3.8) is 0 Å². The summed E-state index contributed by atoms with van der Waals surface area (Å²) < 4.78 is 0. The summed E-state index contributed by atoms with van der Waals surface area (Å²) in [6.45, 7) is 5.66. The van der Waals surface area contributed by atoms with E-state index >= 15 is 0 Å². The minimum Gasteiger partial charge on any atom is -0.313 e. The third kappa shape index (κ3) is 1.65. The van der Waals surface area contributed by atoms with Gasteiger partial charge in [-0.3, -0.25) is 4.79 Å². The van der Waals surface area contributed by atoms with Gasteiger partial charge in [0.15, 0.2) is 0 Å². The second kappa shape index (κ2) is 3.47. The summed E-state index contributed by atoms with van der Waals surface area (Å²) in [6, 6.07) is -0.325. The van der Waals surface area contributed by atoms with Crippen LogP contribution in [0.25, 0.3) is 0 Å². The zero-order valence-corrected chi connectivity index (χ0v) is 10.5. The predicted octanol–water partition coefficient (Wildman–Crippen LogP) is 1.63. The summed E-state index contributed by atoms with van der Waals surface area (Å²) in [7, 11) is 0. The number of amides is 3. The molecule has 4 rings (SSSR count). The zero-order valence-electron chi connectivity index (χ0n) is 10.5. The van der Waals surface area contributed by atoms with Gasteiger partial charge in [-0.1, -0.05) is 13.8 Å². The first-order chi connectivity index (χ1) is 7.96. The highest BCUT2D eigenvalue weighted by molar-refractivity contribution is 6.01. The molecule has 3 saturated carbocycles. The fourth-order valence-corrected chi connectivity index (χ4v) is 3.87. The van der Waals surface area contributed by atoms with Gasteiger partial charge in [0.05, 0.1) is 0 Å². The third-order valence-corrected chi connectivity index (χ3v) is 5.20. The number of carbonyl (C=O) groups excluding carboxylic acids is 2. The summed E-state index contributed by atoms with van der Waals surface area (Å²) in [5.41, 5.74) is 0.506. The van der Waals surface area contributed by atoms with Gasteiger partial charge in [-0.2, -0.15) is 5.32 Å². The Morgan fingerprint density at radius 3 is 2.35 bits per heavy atom. The molecule has 1 radical (unpaired) electrons. The van der Waals surface area contributed by atoms with Crippen molar-refractivity contribution in [1.82, 2.24) is 10.2 Å². The molecule has 1 saturated heterocycles. The van der Waals surface area contributed by atoms with Crippen LogP contribution in [0, 0.1) is 23.2 Å². The first-order valence-electron chi connectivity index (χ1n) is 6.50. The van der Waals surface area contributed by atoms with Gasteiger partial charge in [0, 0.05) is 6.54 Å². The molecule has 2 atom stereocenters. The number of hydrogen-bond acceptors (Lipinski definition) is 2. The van der Waals surface area contributed by atoms with Crippen LogP contribution in [0.4, 0.5) is 4.79 Å². The van der Waals surface area contributed by atoms with Crippen molar-refractivity contribution in [1.29, 1.82) is 0 Å². The van der Waals surface area contributed by atoms with Crippen molar-refractivity contribution in [2.45, 2.75) is 33.1 Å². The Hall–Kier alpha value is -1.06. The highest BCUT2D eigenvalue weighted by Crippen LogP contribution is 2.60. The van der Waals surface area contributed by atoms with Gasteiger partial charge in [-0.15, -0.1) is 0 Å². The molecule has 3 amide bonds. The molecule has 0 aromatic heterocycles. The lowest BCUT2D eigenvalue weighted by Crippen LogP contribution is -2.52. The molecule has 0 N–H and O–H groups in total. The van der Waals surface area contributed by atoms with Crippen LogP contribution in [0.1, 0.15) is 33.1 Å². The van der Waals surface area contributed by atoms with Crippen LogP contribution < -0.4 is 5.32 Å². The standard InChI is InChI=1S/C13H19N2O2/c1-13(2)9-3-8(4-10(13)5-9)6-15-7-11(16)14-12(15)17/h8-10H,3-7H2,1-2H3. The van der Waals surface area contributed by atoms with Crippen LogP contribution in [-0.2, 0) is 4.79 Å². The molecule has 2 bridgehead atoms. The highest BCUT2D eigenvalue weighted by Gasteiger charge is 2.52. The Kier molecular flexibility index (Phi) is 2.25. The SMILES string of the molecule is CC1(C)C2CC(CN3CC(=O)[N]C3=O)CC1C2. The second-order valence-electron chi connectivity index (χ2n) is 6.46. The predicted molar refractivity (Wildman–Crippen MR) is 62.2 cm³/mol. The van der Waals surface area contributed by atoms with E-state index in [1.807, 2.05) is 0 Å². The first-order valence-corrected chi connectivity index (χ1v) is 6.50. The van der Waals surface area contributed by atoms with Gasteiger partial charge in [0.2, 0.25) is 0 Å². The van der Waals surface area contributed by atoms with Crippen LogP contribution >= 0.6 is 0 Å². The monoisotopic (exact) mass is 235 g/mol. The highest BCUT2D eigenvalue weighted by atomic mass is 16.2. The van der Waals surface area contributed by atoms with Crippen LogP contribution in [0.2, 0.25) is 0 Å². The van der Waals surface area contributed by atoms with Crippen molar-refractivity contribution < 1.29 is 9.59 Å². The maximum absolute atomic E-state index is 11.4. The van der Waals surface area contributed by atoms with E-state index < -0.39 is 0 Å². The lowest BCUT2D eigenvalue weighted by molar-refractivity contribution is -0.119. The Morgan fingerprint density at radius 1 is 1.24 bits per heavy atom. The molecule has 2 unspecified atom stereocenters. The Labute approximate surface area is 102 Å². The largest absolute Gasteiger partial charge is 0.347 e. The van der Waals surface area contributed by atoms with Crippen molar-refractivity contribution in [2.24, 2.45) is 23.2 Å². The molecule has 17 heavy (non-hydrogen) atoms. The summed E-state index contributed by atoms with van der Waals surface area (Å²) in [4.78, 5) is 24.1. The van der Waals surface area contributed by atoms with Crippen molar-refractivity contribution in [3.05, 3.63) is 0 Å². The third-order valence-electron chi connectivity index (χ3n) is 5.20. The Morgan fingerprint density at radius 2 is 1.88 bits per heavy atom. The molecule has 1 heterocycles. The number of imide groups is 1. The average molecular weight is 235 g/mol. The van der Waals surface area contributed by atoms with Gasteiger partial charge in [0.1, 0.15) is 6.54 Å². The molecule has 0 aromatic rings. The number of hydrogen-bond donors (Lipinski definition) is 0. The zero-order chi connectivity index (χ0) is 12.2. The minimum atomic E-state index is -0.325. The molecule has 93 valence electrons. The molecule has 4 heteroatoms. The molecular weight excluding hydrogens is 216 g/mol. The van der Waals surface area contributed by atoms with E-state index in [4.69, 9.17) is 0 Å². The van der Waals surface area contributed by atoms with E-state index in [0.717, 1.165) is 18.4 Å². The van der Waals surface area contributed by atoms with Gasteiger partial charge < -0.3 is 4.90 Å².